The van der Waals surface area contributed by atoms with Crippen LogP contribution in [0.2, 0.25) is 0 Å². The molecular weight excluding hydrogens is 246 g/mol. The second-order valence-corrected chi connectivity index (χ2v) is 5.94. The zero-order chi connectivity index (χ0) is 14.2. The molecule has 1 aliphatic carbocycles. The number of hydrogen-bond acceptors (Lipinski definition) is 2. The first-order valence-electron chi connectivity index (χ1n) is 8.28. The van der Waals surface area contributed by atoms with Crippen LogP contribution in [-0.2, 0) is 11.2 Å². The van der Waals surface area contributed by atoms with E-state index in [9.17, 15) is 0 Å². The zero-order valence-corrected chi connectivity index (χ0v) is 12.8. The van der Waals surface area contributed by atoms with Gasteiger partial charge in [0.1, 0.15) is 0 Å². The van der Waals surface area contributed by atoms with Gasteiger partial charge in [0.25, 0.3) is 0 Å². The van der Waals surface area contributed by atoms with E-state index in [0.29, 0.717) is 0 Å². The molecule has 1 aromatic carbocycles. The monoisotopic (exact) mass is 275 g/mol. The fraction of sp³-hybridized carbons (Fsp3) is 0.667. The van der Waals surface area contributed by atoms with Gasteiger partial charge in [-0.2, -0.15) is 0 Å². The average molecular weight is 275 g/mol. The molecule has 0 spiro atoms. The van der Waals surface area contributed by atoms with E-state index in [-0.39, 0.29) is 12.1 Å². The molecule has 2 heteroatoms. The molecule has 20 heavy (non-hydrogen) atoms. The molecule has 0 fully saturated rings. The summed E-state index contributed by atoms with van der Waals surface area (Å²) in [6.07, 6.45) is 10.2. The minimum absolute atomic E-state index is 0.0556. The van der Waals surface area contributed by atoms with E-state index in [0.717, 1.165) is 19.4 Å². The van der Waals surface area contributed by atoms with Gasteiger partial charge >= 0.3 is 0 Å². The first kappa shape index (κ1) is 15.5. The lowest BCUT2D eigenvalue weighted by Crippen LogP contribution is -2.34. The van der Waals surface area contributed by atoms with Gasteiger partial charge in [0, 0.05) is 6.61 Å². The number of benzene rings is 1. The van der Waals surface area contributed by atoms with Crippen LogP contribution < -0.4 is 5.73 Å². The molecule has 2 unspecified atom stereocenters. The van der Waals surface area contributed by atoms with Crippen molar-refractivity contribution in [3.8, 4) is 0 Å². The number of fused-ring (bicyclic) bond motifs is 1. The fourth-order valence-corrected chi connectivity index (χ4v) is 3.07. The molecule has 1 aliphatic rings. The molecule has 2 atom stereocenters. The number of aryl methyl sites for hydroxylation is 1. The standard InChI is InChI=1S/C18H29NO/c1-2-3-4-5-6-9-14-20-17-13-12-15-10-7-8-11-16(15)18(17)19/h7-8,10-11,17-18H,2-6,9,12-14,19H2,1H3. The summed E-state index contributed by atoms with van der Waals surface area (Å²) in [6, 6.07) is 8.58. The highest BCUT2D eigenvalue weighted by molar-refractivity contribution is 5.33. The summed E-state index contributed by atoms with van der Waals surface area (Å²) in [5.41, 5.74) is 9.03. The molecule has 0 saturated carbocycles. The molecule has 0 aliphatic heterocycles. The third-order valence-corrected chi connectivity index (χ3v) is 4.34. The third kappa shape index (κ3) is 4.32. The Morgan fingerprint density at radius 3 is 2.70 bits per heavy atom. The second kappa shape index (κ2) is 8.43. The van der Waals surface area contributed by atoms with E-state index in [4.69, 9.17) is 10.5 Å². The molecule has 0 radical (unpaired) electrons. The molecule has 0 amide bonds. The van der Waals surface area contributed by atoms with Crippen LogP contribution in [0.25, 0.3) is 0 Å². The minimum atomic E-state index is 0.0556. The van der Waals surface area contributed by atoms with E-state index in [1.807, 2.05) is 0 Å². The van der Waals surface area contributed by atoms with E-state index in [1.54, 1.807) is 0 Å². The Hall–Kier alpha value is -0.860. The molecule has 112 valence electrons. The van der Waals surface area contributed by atoms with Crippen LogP contribution in [0.4, 0.5) is 0 Å². The molecule has 2 N–H and O–H groups in total. The molecule has 0 heterocycles. The molecular formula is C18H29NO. The van der Waals surface area contributed by atoms with E-state index < -0.39 is 0 Å². The van der Waals surface area contributed by atoms with Crippen molar-refractivity contribution in [3.05, 3.63) is 35.4 Å². The van der Waals surface area contributed by atoms with Crippen molar-refractivity contribution in [1.82, 2.24) is 0 Å². The summed E-state index contributed by atoms with van der Waals surface area (Å²) >= 11 is 0. The van der Waals surface area contributed by atoms with Crippen molar-refractivity contribution < 1.29 is 4.74 Å². The Labute approximate surface area is 123 Å². The first-order chi connectivity index (χ1) is 9.83. The van der Waals surface area contributed by atoms with Crippen LogP contribution in [-0.4, -0.2) is 12.7 Å². The van der Waals surface area contributed by atoms with Crippen LogP contribution in [0, 0.1) is 0 Å². The fourth-order valence-electron chi connectivity index (χ4n) is 3.07. The smallest absolute Gasteiger partial charge is 0.0770 e. The number of rotatable bonds is 8. The van der Waals surface area contributed by atoms with Crippen LogP contribution in [0.5, 0.6) is 0 Å². The summed E-state index contributed by atoms with van der Waals surface area (Å²) in [6.45, 7) is 3.12. The van der Waals surface area contributed by atoms with Crippen molar-refractivity contribution in [2.75, 3.05) is 6.61 Å². The SMILES string of the molecule is CCCCCCCCOC1CCc2ccccc2C1N. The van der Waals surface area contributed by atoms with Gasteiger partial charge in [-0.25, -0.2) is 0 Å². The normalized spacial score (nSPS) is 21.7. The molecule has 0 bridgehead atoms. The molecule has 2 rings (SSSR count). The molecule has 0 aromatic heterocycles. The number of unbranched alkanes of at least 4 members (excludes halogenated alkanes) is 5. The summed E-state index contributed by atoms with van der Waals surface area (Å²) < 4.78 is 6.03. The second-order valence-electron chi connectivity index (χ2n) is 5.94. The Morgan fingerprint density at radius 1 is 1.10 bits per heavy atom. The van der Waals surface area contributed by atoms with E-state index in [1.165, 1.54) is 49.7 Å². The van der Waals surface area contributed by atoms with Gasteiger partial charge in [0.15, 0.2) is 0 Å². The Balaban J connectivity index is 1.67. The highest BCUT2D eigenvalue weighted by atomic mass is 16.5. The summed E-state index contributed by atoms with van der Waals surface area (Å²) in [4.78, 5) is 0. The summed E-state index contributed by atoms with van der Waals surface area (Å²) in [7, 11) is 0. The topological polar surface area (TPSA) is 35.2 Å². The van der Waals surface area contributed by atoms with Gasteiger partial charge < -0.3 is 10.5 Å². The first-order valence-corrected chi connectivity index (χ1v) is 8.28. The van der Waals surface area contributed by atoms with Crippen molar-refractivity contribution in [1.29, 1.82) is 0 Å². The largest absolute Gasteiger partial charge is 0.376 e. The zero-order valence-electron chi connectivity index (χ0n) is 12.8. The number of ether oxygens (including phenoxy) is 1. The third-order valence-electron chi connectivity index (χ3n) is 4.34. The van der Waals surface area contributed by atoms with Gasteiger partial charge in [0.05, 0.1) is 12.1 Å². The van der Waals surface area contributed by atoms with Crippen LogP contribution in [0.3, 0.4) is 0 Å². The maximum atomic E-state index is 6.35. The average Bonchev–Trinajstić information content (AvgIpc) is 2.49. The number of nitrogens with two attached hydrogens (primary N) is 1. The predicted molar refractivity (Wildman–Crippen MR) is 84.8 cm³/mol. The van der Waals surface area contributed by atoms with Gasteiger partial charge in [-0.15, -0.1) is 0 Å². The van der Waals surface area contributed by atoms with Crippen LogP contribution in [0.1, 0.15) is 69.0 Å². The predicted octanol–water partition coefficient (Wildman–Crippen LogP) is 4.38. The van der Waals surface area contributed by atoms with Gasteiger partial charge in [0.2, 0.25) is 0 Å². The Morgan fingerprint density at radius 2 is 1.85 bits per heavy atom. The lowest BCUT2D eigenvalue weighted by Gasteiger charge is -2.31. The maximum Gasteiger partial charge on any atom is 0.0770 e. The van der Waals surface area contributed by atoms with Crippen LogP contribution >= 0.6 is 0 Å². The van der Waals surface area contributed by atoms with Crippen molar-refractivity contribution in [3.63, 3.8) is 0 Å². The van der Waals surface area contributed by atoms with Crippen molar-refractivity contribution in [2.45, 2.75) is 70.4 Å². The highest BCUT2D eigenvalue weighted by Gasteiger charge is 2.26. The minimum Gasteiger partial charge on any atom is -0.376 e. The quantitative estimate of drug-likeness (QED) is 0.715. The van der Waals surface area contributed by atoms with Crippen molar-refractivity contribution in [2.24, 2.45) is 5.73 Å². The summed E-state index contributed by atoms with van der Waals surface area (Å²) in [5, 5.41) is 0. The maximum absolute atomic E-state index is 6.35. The molecule has 0 saturated heterocycles. The lowest BCUT2D eigenvalue weighted by atomic mass is 9.86. The van der Waals surface area contributed by atoms with Gasteiger partial charge in [-0.05, 0) is 30.4 Å². The number of hydrogen-bond donors (Lipinski definition) is 1. The summed E-state index contributed by atoms with van der Waals surface area (Å²) in [5.74, 6) is 0. The molecule has 1 aromatic rings. The van der Waals surface area contributed by atoms with Gasteiger partial charge in [-0.3, -0.25) is 0 Å². The van der Waals surface area contributed by atoms with Crippen LogP contribution in [0.15, 0.2) is 24.3 Å². The lowest BCUT2D eigenvalue weighted by molar-refractivity contribution is 0.0230. The van der Waals surface area contributed by atoms with Gasteiger partial charge in [-0.1, -0.05) is 63.3 Å². The Bertz CT molecular complexity index is 391. The van der Waals surface area contributed by atoms with E-state index in [2.05, 4.69) is 31.2 Å². The van der Waals surface area contributed by atoms with E-state index >= 15 is 0 Å². The molecule has 2 nitrogen and oxygen atoms in total. The Kier molecular flexibility index (Phi) is 6.55. The van der Waals surface area contributed by atoms with Crippen molar-refractivity contribution >= 4 is 0 Å². The highest BCUT2D eigenvalue weighted by Crippen LogP contribution is 2.30.